The number of nitrogens with one attached hydrogen (secondary N) is 1. The molecule has 0 atom stereocenters. The van der Waals surface area contributed by atoms with E-state index < -0.39 is 12.0 Å². The van der Waals surface area contributed by atoms with E-state index in [0.717, 1.165) is 57.3 Å². The van der Waals surface area contributed by atoms with Gasteiger partial charge in [0.25, 0.3) is 5.91 Å². The number of pyridine rings is 1. The fraction of sp³-hybridized carbons (Fsp3) is 0.200. The Balaban J connectivity index is 1.99. The van der Waals surface area contributed by atoms with Crippen molar-refractivity contribution in [3.63, 3.8) is 0 Å². The van der Waals surface area contributed by atoms with Gasteiger partial charge < -0.3 is 16.2 Å². The minimum Gasteiger partial charge on any atom is -0.465 e. The van der Waals surface area contributed by atoms with Gasteiger partial charge in [-0.05, 0) is 42.7 Å². The molecule has 0 fully saturated rings. The number of primary amides is 1. The molecule has 0 aliphatic heterocycles. The SMILES string of the molecule is CCCc1nc2ccc(-c3nc(C(N)=O)cs3)cc2c(-c2ccc(C)cc2)c1CNC(=O)O. The predicted octanol–water partition coefficient (Wildman–Crippen LogP) is 5.15. The zero-order valence-electron chi connectivity index (χ0n) is 18.4. The summed E-state index contributed by atoms with van der Waals surface area (Å²) in [6.07, 6.45) is 0.545. The first-order valence-electron chi connectivity index (χ1n) is 10.6. The average Bonchev–Trinajstić information content (AvgIpc) is 3.29. The number of carbonyl (C=O) groups excluding carboxylic acids is 1. The van der Waals surface area contributed by atoms with Crippen LogP contribution < -0.4 is 11.1 Å². The Hall–Kier alpha value is -3.78. The zero-order valence-corrected chi connectivity index (χ0v) is 19.2. The number of aromatic nitrogens is 2. The molecule has 4 N–H and O–H groups in total. The maximum Gasteiger partial charge on any atom is 0.404 e. The summed E-state index contributed by atoms with van der Waals surface area (Å²) in [5, 5.41) is 15.0. The lowest BCUT2D eigenvalue weighted by molar-refractivity contribution is 0.0996. The van der Waals surface area contributed by atoms with Crippen molar-refractivity contribution in [2.75, 3.05) is 0 Å². The molecular weight excluding hydrogens is 436 g/mol. The highest BCUT2D eigenvalue weighted by Gasteiger charge is 2.18. The van der Waals surface area contributed by atoms with E-state index in [0.29, 0.717) is 5.01 Å². The highest BCUT2D eigenvalue weighted by atomic mass is 32.1. The van der Waals surface area contributed by atoms with Crippen molar-refractivity contribution in [3.05, 3.63) is 70.4 Å². The molecule has 0 aliphatic carbocycles. The van der Waals surface area contributed by atoms with E-state index in [-0.39, 0.29) is 12.2 Å². The number of carbonyl (C=O) groups is 2. The topological polar surface area (TPSA) is 118 Å². The maximum atomic E-state index is 11.5. The summed E-state index contributed by atoms with van der Waals surface area (Å²) in [5.74, 6) is -0.563. The van der Waals surface area contributed by atoms with Crippen LogP contribution in [0.25, 0.3) is 32.6 Å². The maximum absolute atomic E-state index is 11.5. The number of benzene rings is 2. The van der Waals surface area contributed by atoms with Crippen molar-refractivity contribution in [2.45, 2.75) is 33.2 Å². The lowest BCUT2D eigenvalue weighted by atomic mass is 9.91. The second-order valence-corrected chi connectivity index (χ2v) is 8.68. The van der Waals surface area contributed by atoms with Crippen LogP contribution in [0, 0.1) is 6.92 Å². The fourth-order valence-corrected chi connectivity index (χ4v) is 4.66. The van der Waals surface area contributed by atoms with Crippen LogP contribution in [-0.2, 0) is 13.0 Å². The molecule has 0 bridgehead atoms. The van der Waals surface area contributed by atoms with Crippen molar-refractivity contribution < 1.29 is 14.7 Å². The largest absolute Gasteiger partial charge is 0.465 e. The Morgan fingerprint density at radius 1 is 1.09 bits per heavy atom. The molecular formula is C25H24N4O3S. The van der Waals surface area contributed by atoms with Gasteiger partial charge in [-0.3, -0.25) is 9.78 Å². The molecule has 2 aromatic carbocycles. The molecule has 0 aliphatic rings. The minimum absolute atomic E-state index is 0.157. The second kappa shape index (κ2) is 9.38. The Bertz CT molecular complexity index is 1350. The van der Waals surface area contributed by atoms with E-state index in [1.54, 1.807) is 5.38 Å². The van der Waals surface area contributed by atoms with Gasteiger partial charge in [0.05, 0.1) is 5.52 Å². The highest BCUT2D eigenvalue weighted by Crippen LogP contribution is 2.36. The molecule has 4 aromatic rings. The van der Waals surface area contributed by atoms with Crippen LogP contribution in [0.2, 0.25) is 0 Å². The van der Waals surface area contributed by atoms with Crippen LogP contribution in [0.5, 0.6) is 0 Å². The molecule has 168 valence electrons. The van der Waals surface area contributed by atoms with E-state index in [4.69, 9.17) is 10.7 Å². The third-order valence-corrected chi connectivity index (χ3v) is 6.31. The second-order valence-electron chi connectivity index (χ2n) is 7.82. The van der Waals surface area contributed by atoms with Gasteiger partial charge in [0, 0.05) is 34.1 Å². The standard InChI is InChI=1S/C25H24N4O3S/c1-3-4-19-18(12-27-25(31)32)22(15-7-5-14(2)6-8-15)17-11-16(9-10-20(17)28-19)24-29-21(13-33-24)23(26)30/h5-11,13,27H,3-4,12H2,1-2H3,(H2,26,30)(H,31,32). The number of thiazole rings is 1. The number of rotatable bonds is 7. The van der Waals surface area contributed by atoms with E-state index in [9.17, 15) is 14.7 Å². The number of nitrogens with zero attached hydrogens (tertiary/aromatic N) is 2. The summed E-state index contributed by atoms with van der Waals surface area (Å²) in [4.78, 5) is 32.1. The van der Waals surface area contributed by atoms with E-state index in [2.05, 4.69) is 17.2 Å². The summed E-state index contributed by atoms with van der Waals surface area (Å²) in [6.45, 7) is 4.26. The molecule has 8 heteroatoms. The van der Waals surface area contributed by atoms with Gasteiger partial charge in [0.15, 0.2) is 0 Å². The highest BCUT2D eigenvalue weighted by molar-refractivity contribution is 7.13. The van der Waals surface area contributed by atoms with Gasteiger partial charge in [0.2, 0.25) is 0 Å². The van der Waals surface area contributed by atoms with Crippen molar-refractivity contribution >= 4 is 34.2 Å². The first kappa shape index (κ1) is 22.4. The van der Waals surface area contributed by atoms with E-state index in [1.165, 1.54) is 11.3 Å². The Morgan fingerprint density at radius 2 is 1.82 bits per heavy atom. The Kier molecular flexibility index (Phi) is 6.37. The monoisotopic (exact) mass is 460 g/mol. The Morgan fingerprint density at radius 3 is 2.45 bits per heavy atom. The molecule has 0 saturated carbocycles. The first-order chi connectivity index (χ1) is 15.9. The van der Waals surface area contributed by atoms with Crippen LogP contribution in [0.4, 0.5) is 4.79 Å². The van der Waals surface area contributed by atoms with Gasteiger partial charge in [-0.15, -0.1) is 11.3 Å². The van der Waals surface area contributed by atoms with E-state index in [1.807, 2.05) is 49.4 Å². The third kappa shape index (κ3) is 4.70. The predicted molar refractivity (Wildman–Crippen MR) is 130 cm³/mol. The van der Waals surface area contributed by atoms with Crippen LogP contribution in [0.3, 0.4) is 0 Å². The van der Waals surface area contributed by atoms with Gasteiger partial charge in [-0.1, -0.05) is 43.2 Å². The third-order valence-electron chi connectivity index (χ3n) is 5.42. The zero-order chi connectivity index (χ0) is 23.5. The quantitative estimate of drug-likeness (QED) is 0.352. The number of nitrogens with two attached hydrogens (primary N) is 1. The molecule has 7 nitrogen and oxygen atoms in total. The fourth-order valence-electron chi connectivity index (χ4n) is 3.85. The van der Waals surface area contributed by atoms with Crippen LogP contribution in [0.15, 0.2) is 47.8 Å². The first-order valence-corrected chi connectivity index (χ1v) is 11.5. The number of hydrogen-bond donors (Lipinski definition) is 3. The summed E-state index contributed by atoms with van der Waals surface area (Å²) >= 11 is 1.35. The number of amides is 2. The molecule has 2 heterocycles. The molecule has 0 saturated heterocycles. The van der Waals surface area contributed by atoms with Crippen molar-refractivity contribution in [2.24, 2.45) is 5.73 Å². The summed E-state index contributed by atoms with van der Waals surface area (Å²) in [7, 11) is 0. The molecule has 0 radical (unpaired) electrons. The molecule has 2 aromatic heterocycles. The lowest BCUT2D eigenvalue weighted by Crippen LogP contribution is -2.22. The van der Waals surface area contributed by atoms with Crippen molar-refractivity contribution in [3.8, 4) is 21.7 Å². The lowest BCUT2D eigenvalue weighted by Gasteiger charge is -2.18. The van der Waals surface area contributed by atoms with Gasteiger partial charge >= 0.3 is 6.09 Å². The molecule has 0 spiro atoms. The van der Waals surface area contributed by atoms with Crippen LogP contribution in [0.1, 0.15) is 40.7 Å². The van der Waals surface area contributed by atoms with Crippen molar-refractivity contribution in [1.82, 2.24) is 15.3 Å². The summed E-state index contributed by atoms with van der Waals surface area (Å²) in [6, 6.07) is 14.1. The van der Waals surface area contributed by atoms with Gasteiger partial charge in [-0.25, -0.2) is 9.78 Å². The number of hydrogen-bond acceptors (Lipinski definition) is 5. The molecule has 33 heavy (non-hydrogen) atoms. The van der Waals surface area contributed by atoms with Gasteiger partial charge in [0.1, 0.15) is 10.7 Å². The molecule has 4 rings (SSSR count). The van der Waals surface area contributed by atoms with Crippen LogP contribution in [-0.4, -0.2) is 27.1 Å². The van der Waals surface area contributed by atoms with Gasteiger partial charge in [-0.2, -0.15) is 0 Å². The summed E-state index contributed by atoms with van der Waals surface area (Å²) < 4.78 is 0. The number of aryl methyl sites for hydroxylation is 2. The molecule has 0 unspecified atom stereocenters. The average molecular weight is 461 g/mol. The van der Waals surface area contributed by atoms with Crippen molar-refractivity contribution in [1.29, 1.82) is 0 Å². The normalized spacial score (nSPS) is 11.0. The number of carboxylic acid groups (broad SMARTS) is 1. The summed E-state index contributed by atoms with van der Waals surface area (Å²) in [5.41, 5.74) is 12.1. The Labute approximate surface area is 195 Å². The number of fused-ring (bicyclic) bond motifs is 1. The smallest absolute Gasteiger partial charge is 0.404 e. The van der Waals surface area contributed by atoms with E-state index >= 15 is 0 Å². The van der Waals surface area contributed by atoms with Crippen LogP contribution >= 0.6 is 11.3 Å². The molecule has 2 amide bonds. The minimum atomic E-state index is -1.08.